The summed E-state index contributed by atoms with van der Waals surface area (Å²) >= 11 is 0. The highest BCUT2D eigenvalue weighted by Gasteiger charge is 2.37. The number of anilines is 2. The van der Waals surface area contributed by atoms with Crippen molar-refractivity contribution in [2.45, 2.75) is 89.2 Å². The number of carboxylic acid groups (broad SMARTS) is 1. The van der Waals surface area contributed by atoms with Crippen molar-refractivity contribution >= 4 is 73.8 Å². The molecule has 3 amide bonds. The van der Waals surface area contributed by atoms with Gasteiger partial charge in [-0.2, -0.15) is 0 Å². The number of ether oxygens (including phenoxy) is 6. The van der Waals surface area contributed by atoms with Crippen molar-refractivity contribution in [1.29, 1.82) is 0 Å². The highest BCUT2D eigenvalue weighted by Crippen LogP contribution is 2.49. The molecule has 0 spiro atoms. The number of H-pyrrole nitrogens is 1. The quantitative estimate of drug-likeness (QED) is 0.0122. The maximum absolute atomic E-state index is 13.8. The Morgan fingerprint density at radius 1 is 0.817 bits per heavy atom. The molecule has 0 bridgehead atoms. The Hall–Kier alpha value is -7.03. The fourth-order valence-corrected chi connectivity index (χ4v) is 13.7. The number of aromatic carboxylic acids is 1. The summed E-state index contributed by atoms with van der Waals surface area (Å²) in [6.07, 6.45) is 11.9. The van der Waals surface area contributed by atoms with Gasteiger partial charge in [0, 0.05) is 95.3 Å². The number of benzene rings is 3. The molecule has 0 unspecified atom stereocenters. The van der Waals surface area contributed by atoms with E-state index >= 15 is 0 Å². The maximum Gasteiger partial charge on any atom is 0.407 e. The number of carbonyl (C=O) groups excluding carboxylic acids is 3. The largest absolute Gasteiger partial charge is 0.478 e. The lowest BCUT2D eigenvalue weighted by atomic mass is 9.81. The van der Waals surface area contributed by atoms with E-state index in [-0.39, 0.29) is 68.9 Å². The minimum atomic E-state index is -1.05. The normalized spacial score (nSPS) is 14.8. The first kappa shape index (κ1) is 58.2. The molecular formula is C60H72N9O11S2+. The standard InChI is InChI=1S/C60H71N9O11S2/c1-60(2,82-81-37-77-25-3-4-26-78-58(73)63-18-5-10-41-35-65-55-48(41)54(61)66-36-67-55)17-27-79-59(74)64-20-29-76-31-30-75-28-19-62-56(70)40-15-16-42(57(71)72)45(34-40)49-46-32-38-11-6-21-68-23-8-13-43(50(38)68)52(46)80-53-44-14-9-24-69-22-7-12-39(51(44)69)33-47(49)53/h15-16,32-36H,3-4,6-9,11-14,17-31,37H2,1-2H3,(H6-,61,62,63,64,65,66,67,70,71,72,73,74)/p+1. The molecule has 0 fully saturated rings. The van der Waals surface area contributed by atoms with Crippen molar-refractivity contribution in [2.24, 2.45) is 0 Å². The van der Waals surface area contributed by atoms with Crippen LogP contribution in [0.25, 0.3) is 16.6 Å². The fraction of sp³-hybridized carbons (Fsp3) is 0.483. The van der Waals surface area contributed by atoms with Crippen LogP contribution >= 0.6 is 21.6 Å². The van der Waals surface area contributed by atoms with Crippen LogP contribution in [-0.2, 0) is 49.4 Å². The maximum atomic E-state index is 13.8. The van der Waals surface area contributed by atoms with E-state index in [4.69, 9.17) is 34.2 Å². The molecule has 22 heteroatoms. The average molecular weight is 1160 g/mol. The van der Waals surface area contributed by atoms with Gasteiger partial charge < -0.3 is 65.1 Å². The molecule has 3 aromatic carbocycles. The number of nitrogens with zero attached hydrogens (tertiary/aromatic N) is 4. The van der Waals surface area contributed by atoms with Gasteiger partial charge in [-0.15, -0.1) is 0 Å². The molecule has 2 aromatic heterocycles. The predicted octanol–water partition coefficient (Wildman–Crippen LogP) is 6.25. The topological polar surface area (TPSA) is 254 Å². The molecule has 434 valence electrons. The van der Waals surface area contributed by atoms with Gasteiger partial charge >= 0.3 is 18.2 Å². The molecule has 0 atom stereocenters. The van der Waals surface area contributed by atoms with Crippen LogP contribution in [0.2, 0.25) is 0 Å². The molecule has 0 aliphatic carbocycles. The molecule has 0 saturated heterocycles. The number of nitrogen functional groups attached to an aromatic ring is 1. The van der Waals surface area contributed by atoms with E-state index in [2.05, 4.69) is 78.2 Å². The Bertz CT molecular complexity index is 3410. The van der Waals surface area contributed by atoms with Crippen LogP contribution in [0.4, 0.5) is 21.1 Å². The van der Waals surface area contributed by atoms with Crippen molar-refractivity contribution < 1.29 is 52.7 Å². The van der Waals surface area contributed by atoms with Crippen LogP contribution < -0.4 is 46.5 Å². The zero-order valence-corrected chi connectivity index (χ0v) is 48.3. The Labute approximate surface area is 484 Å². The fourth-order valence-electron chi connectivity index (χ4n) is 11.4. The first-order chi connectivity index (χ1) is 39.9. The summed E-state index contributed by atoms with van der Waals surface area (Å²) in [5, 5.41) is 21.9. The number of rotatable bonds is 25. The predicted molar refractivity (Wildman–Crippen MR) is 315 cm³/mol. The summed E-state index contributed by atoms with van der Waals surface area (Å²) in [7, 11) is 3.25. The summed E-state index contributed by atoms with van der Waals surface area (Å²) in [6.45, 7) is 11.0. The van der Waals surface area contributed by atoms with Crippen LogP contribution in [0.5, 0.6) is 11.5 Å². The zero-order chi connectivity index (χ0) is 57.0. The minimum Gasteiger partial charge on any atom is -0.478 e. The molecule has 0 radical (unpaired) electrons. The Balaban J connectivity index is 0.603. The van der Waals surface area contributed by atoms with E-state index in [0.717, 1.165) is 112 Å². The minimum absolute atomic E-state index is 0.114. The van der Waals surface area contributed by atoms with Crippen molar-refractivity contribution in [3.63, 3.8) is 0 Å². The second kappa shape index (κ2) is 27.4. The van der Waals surface area contributed by atoms with E-state index in [1.165, 1.54) is 39.6 Å². The highest BCUT2D eigenvalue weighted by atomic mass is 33.1. The van der Waals surface area contributed by atoms with Gasteiger partial charge in [-0.1, -0.05) is 33.4 Å². The molecule has 10 rings (SSSR count). The lowest BCUT2D eigenvalue weighted by molar-refractivity contribution is 0.0486. The Morgan fingerprint density at radius 3 is 2.39 bits per heavy atom. The van der Waals surface area contributed by atoms with Crippen LogP contribution in [0.15, 0.2) is 42.9 Å². The van der Waals surface area contributed by atoms with Gasteiger partial charge in [0.1, 0.15) is 48.3 Å². The molecular weight excluding hydrogens is 1090 g/mol. The van der Waals surface area contributed by atoms with Crippen LogP contribution in [0.3, 0.4) is 0 Å². The summed E-state index contributed by atoms with van der Waals surface area (Å²) in [5.74, 6) is 6.92. The number of carboxylic acids is 1. The third-order valence-corrected chi connectivity index (χ3v) is 18.2. The number of aromatic amines is 1. The molecule has 7 heterocycles. The molecule has 20 nitrogen and oxygen atoms in total. The smallest absolute Gasteiger partial charge is 0.407 e. The van der Waals surface area contributed by atoms with E-state index in [1.54, 1.807) is 46.0 Å². The number of unbranched alkanes of at least 4 members (excludes halogenated alkanes) is 1. The van der Waals surface area contributed by atoms with Gasteiger partial charge in [-0.05, 0) is 113 Å². The summed E-state index contributed by atoms with van der Waals surface area (Å²) in [6, 6.07) is 9.38. The number of hydrogen-bond acceptors (Lipinski definition) is 16. The zero-order valence-electron chi connectivity index (χ0n) is 46.6. The first-order valence-electron chi connectivity index (χ1n) is 28.4. The first-order valence-corrected chi connectivity index (χ1v) is 30.8. The number of hydrogen-bond donors (Lipinski definition) is 6. The van der Waals surface area contributed by atoms with E-state index in [0.29, 0.717) is 65.5 Å². The number of carbonyl (C=O) groups is 4. The number of aromatic nitrogens is 3. The van der Waals surface area contributed by atoms with E-state index in [9.17, 15) is 24.3 Å². The second-order valence-corrected chi connectivity index (χ2v) is 24.3. The molecule has 5 aliphatic rings. The van der Waals surface area contributed by atoms with Gasteiger partial charge in [0.25, 0.3) is 5.91 Å². The molecule has 7 N–H and O–H groups in total. The lowest BCUT2D eigenvalue weighted by Crippen LogP contribution is -2.45. The Morgan fingerprint density at radius 2 is 1.56 bits per heavy atom. The van der Waals surface area contributed by atoms with E-state index < -0.39 is 18.2 Å². The summed E-state index contributed by atoms with van der Waals surface area (Å²) < 4.78 is 37.2. The monoisotopic (exact) mass is 1160 g/mol. The number of nitrogens with two attached hydrogens (primary N) is 1. The third kappa shape index (κ3) is 13.9. The van der Waals surface area contributed by atoms with Gasteiger partial charge in [0.05, 0.1) is 68.3 Å². The van der Waals surface area contributed by atoms with Gasteiger partial charge in [0.15, 0.2) is 0 Å². The lowest BCUT2D eigenvalue weighted by Gasteiger charge is -2.39. The molecule has 0 saturated carbocycles. The summed E-state index contributed by atoms with van der Waals surface area (Å²) in [5.41, 5.74) is 16.1. The van der Waals surface area contributed by atoms with Crippen LogP contribution in [0.1, 0.15) is 118 Å². The van der Waals surface area contributed by atoms with E-state index in [1.807, 2.05) is 0 Å². The molecule has 5 aromatic rings. The Kier molecular flexibility index (Phi) is 19.4. The van der Waals surface area contributed by atoms with Crippen molar-refractivity contribution in [1.82, 2.24) is 35.5 Å². The van der Waals surface area contributed by atoms with Crippen LogP contribution in [0, 0.1) is 11.8 Å². The highest BCUT2D eigenvalue weighted by molar-refractivity contribution is 8.77. The number of fused-ring (bicyclic) bond motifs is 5. The number of aryl methyl sites for hydroxylation is 2. The van der Waals surface area contributed by atoms with Crippen LogP contribution in [-0.4, -0.2) is 147 Å². The number of amides is 3. The third-order valence-electron chi connectivity index (χ3n) is 15.2. The van der Waals surface area contributed by atoms with Crippen molar-refractivity contribution in [2.75, 3.05) is 109 Å². The van der Waals surface area contributed by atoms with Gasteiger partial charge in [0.2, 0.25) is 5.36 Å². The van der Waals surface area contributed by atoms with Gasteiger partial charge in [-0.25, -0.2) is 28.9 Å². The van der Waals surface area contributed by atoms with Gasteiger partial charge in [-0.3, -0.25) is 4.79 Å². The number of nitrogens with one attached hydrogen (secondary N) is 4. The molecule has 5 aliphatic heterocycles. The summed E-state index contributed by atoms with van der Waals surface area (Å²) in [4.78, 5) is 64.9. The average Bonchev–Trinajstić information content (AvgIpc) is 3.37. The van der Waals surface area contributed by atoms with Crippen molar-refractivity contribution in [3.8, 4) is 23.3 Å². The number of alkyl carbamates (subject to hydrolysis) is 2. The second-order valence-electron chi connectivity index (χ2n) is 21.4. The van der Waals surface area contributed by atoms with Crippen molar-refractivity contribution in [3.05, 3.63) is 104 Å². The molecule has 82 heavy (non-hydrogen) atoms. The SMILES string of the molecule is CC(C)(CCOC(=O)NCCOCCOCCNC(=O)c1ccc(C(=O)O)c(C2=c3cc4c5c(c3Oc3c2cc2c6c3CCCN6CCC2)CCC[N+]=5CCC4)c1)SSCOCCCCOC(=O)NCC#Cc1c[nH]c2ncnc(N)c12.